The zero-order valence-electron chi connectivity index (χ0n) is 10.2. The van der Waals surface area contributed by atoms with Crippen LogP contribution < -0.4 is 5.73 Å². The van der Waals surface area contributed by atoms with Crippen LogP contribution in [0.15, 0.2) is 0 Å². The minimum absolute atomic E-state index is 0.383. The summed E-state index contributed by atoms with van der Waals surface area (Å²) in [5.41, 5.74) is 6.34. The fraction of sp³-hybridized carbons (Fsp3) is 1.00. The molecule has 0 amide bonds. The monoisotopic (exact) mass is 211 g/mol. The molecule has 1 aliphatic heterocycles. The number of nitrogens with zero attached hydrogens (tertiary/aromatic N) is 2. The molecule has 2 aliphatic rings. The SMILES string of the molecule is CCN1CCN(C2(CN)CCC2)CC1C. The molecule has 2 rings (SSSR count). The van der Waals surface area contributed by atoms with Gasteiger partial charge in [-0.15, -0.1) is 0 Å². The molecule has 1 atom stereocenters. The van der Waals surface area contributed by atoms with Crippen molar-refractivity contribution in [1.29, 1.82) is 0 Å². The molecule has 3 heteroatoms. The highest BCUT2D eigenvalue weighted by Crippen LogP contribution is 2.37. The van der Waals surface area contributed by atoms with E-state index < -0.39 is 0 Å². The summed E-state index contributed by atoms with van der Waals surface area (Å²) < 4.78 is 0. The number of rotatable bonds is 3. The van der Waals surface area contributed by atoms with Gasteiger partial charge >= 0.3 is 0 Å². The Labute approximate surface area is 93.6 Å². The average molecular weight is 211 g/mol. The third-order valence-electron chi connectivity index (χ3n) is 4.51. The smallest absolute Gasteiger partial charge is 0.0332 e. The molecule has 1 aliphatic carbocycles. The predicted molar refractivity (Wildman–Crippen MR) is 63.9 cm³/mol. The number of nitrogens with two attached hydrogens (primary N) is 1. The highest BCUT2D eigenvalue weighted by Gasteiger charge is 2.43. The van der Waals surface area contributed by atoms with Crippen LogP contribution in [-0.2, 0) is 0 Å². The van der Waals surface area contributed by atoms with Crippen molar-refractivity contribution in [3.63, 3.8) is 0 Å². The minimum atomic E-state index is 0.383. The molecule has 1 saturated heterocycles. The highest BCUT2D eigenvalue weighted by atomic mass is 15.3. The number of piperazine rings is 1. The van der Waals surface area contributed by atoms with Gasteiger partial charge in [-0.1, -0.05) is 6.92 Å². The molecule has 3 nitrogen and oxygen atoms in total. The zero-order valence-corrected chi connectivity index (χ0v) is 10.2. The summed E-state index contributed by atoms with van der Waals surface area (Å²) in [5.74, 6) is 0. The molecule has 0 bridgehead atoms. The maximum Gasteiger partial charge on any atom is 0.0332 e. The lowest BCUT2D eigenvalue weighted by Crippen LogP contribution is -2.65. The normalized spacial score (nSPS) is 32.6. The first-order valence-electron chi connectivity index (χ1n) is 6.41. The van der Waals surface area contributed by atoms with Gasteiger partial charge in [0.05, 0.1) is 0 Å². The number of likely N-dealkylation sites (N-methyl/N-ethyl adjacent to an activating group) is 1. The van der Waals surface area contributed by atoms with Crippen LogP contribution in [0, 0.1) is 0 Å². The van der Waals surface area contributed by atoms with E-state index in [-0.39, 0.29) is 0 Å². The molecular weight excluding hydrogens is 186 g/mol. The molecule has 88 valence electrons. The topological polar surface area (TPSA) is 32.5 Å². The molecule has 1 unspecified atom stereocenters. The van der Waals surface area contributed by atoms with Crippen molar-refractivity contribution in [2.24, 2.45) is 5.73 Å². The zero-order chi connectivity index (χ0) is 10.9. The Hall–Kier alpha value is -0.120. The van der Waals surface area contributed by atoms with E-state index in [1.54, 1.807) is 0 Å². The van der Waals surface area contributed by atoms with Crippen molar-refractivity contribution >= 4 is 0 Å². The Balaban J connectivity index is 1.95. The summed E-state index contributed by atoms with van der Waals surface area (Å²) in [6, 6.07) is 0.702. The van der Waals surface area contributed by atoms with Gasteiger partial charge in [0.2, 0.25) is 0 Å². The van der Waals surface area contributed by atoms with Crippen molar-refractivity contribution in [3.05, 3.63) is 0 Å². The summed E-state index contributed by atoms with van der Waals surface area (Å²) in [4.78, 5) is 5.23. The maximum atomic E-state index is 5.96. The van der Waals surface area contributed by atoms with Crippen molar-refractivity contribution in [1.82, 2.24) is 9.80 Å². The molecular formula is C12H25N3. The van der Waals surface area contributed by atoms with E-state index in [0.717, 1.165) is 6.54 Å². The Morgan fingerprint density at radius 2 is 2.07 bits per heavy atom. The first-order chi connectivity index (χ1) is 7.22. The van der Waals surface area contributed by atoms with Gasteiger partial charge in [-0.25, -0.2) is 0 Å². The average Bonchev–Trinajstić information content (AvgIpc) is 2.17. The van der Waals surface area contributed by atoms with Gasteiger partial charge < -0.3 is 5.73 Å². The number of hydrogen-bond donors (Lipinski definition) is 1. The second-order valence-corrected chi connectivity index (χ2v) is 5.21. The molecule has 0 spiro atoms. The Morgan fingerprint density at radius 1 is 1.33 bits per heavy atom. The lowest BCUT2D eigenvalue weighted by atomic mass is 9.74. The lowest BCUT2D eigenvalue weighted by Gasteiger charge is -2.54. The van der Waals surface area contributed by atoms with Crippen molar-refractivity contribution in [2.45, 2.75) is 44.7 Å². The fourth-order valence-corrected chi connectivity index (χ4v) is 3.13. The van der Waals surface area contributed by atoms with Crippen LogP contribution in [0.25, 0.3) is 0 Å². The van der Waals surface area contributed by atoms with Gasteiger partial charge in [-0.05, 0) is 32.7 Å². The third kappa shape index (κ3) is 1.93. The van der Waals surface area contributed by atoms with E-state index in [4.69, 9.17) is 5.73 Å². The maximum absolute atomic E-state index is 5.96. The van der Waals surface area contributed by atoms with E-state index >= 15 is 0 Å². The summed E-state index contributed by atoms with van der Waals surface area (Å²) in [5, 5.41) is 0. The van der Waals surface area contributed by atoms with E-state index in [1.807, 2.05) is 0 Å². The predicted octanol–water partition coefficient (Wildman–Crippen LogP) is 0.894. The van der Waals surface area contributed by atoms with Crippen LogP contribution in [0.3, 0.4) is 0 Å². The van der Waals surface area contributed by atoms with Gasteiger partial charge in [-0.3, -0.25) is 9.80 Å². The Bertz CT molecular complexity index is 207. The van der Waals surface area contributed by atoms with E-state index in [1.165, 1.54) is 45.4 Å². The fourth-order valence-electron chi connectivity index (χ4n) is 3.13. The van der Waals surface area contributed by atoms with Gasteiger partial charge in [-0.2, -0.15) is 0 Å². The van der Waals surface area contributed by atoms with Gasteiger partial charge in [0.1, 0.15) is 0 Å². The summed E-state index contributed by atoms with van der Waals surface area (Å²) in [6.45, 7) is 10.3. The van der Waals surface area contributed by atoms with E-state index in [9.17, 15) is 0 Å². The molecule has 1 heterocycles. The molecule has 2 fully saturated rings. The van der Waals surface area contributed by atoms with Crippen LogP contribution in [-0.4, -0.2) is 54.1 Å². The quantitative estimate of drug-likeness (QED) is 0.752. The number of hydrogen-bond acceptors (Lipinski definition) is 3. The molecule has 0 aromatic heterocycles. The third-order valence-corrected chi connectivity index (χ3v) is 4.51. The van der Waals surface area contributed by atoms with E-state index in [0.29, 0.717) is 11.6 Å². The largest absolute Gasteiger partial charge is 0.329 e. The molecule has 0 radical (unpaired) electrons. The Kier molecular flexibility index (Phi) is 3.33. The standard InChI is InChI=1S/C12H25N3/c1-3-14-7-8-15(9-11(14)2)12(10-13)5-4-6-12/h11H,3-10,13H2,1-2H3. The highest BCUT2D eigenvalue weighted by molar-refractivity contribution is 5.01. The van der Waals surface area contributed by atoms with E-state index in [2.05, 4.69) is 23.6 Å². The van der Waals surface area contributed by atoms with Crippen LogP contribution in [0.5, 0.6) is 0 Å². The van der Waals surface area contributed by atoms with Crippen LogP contribution in [0.4, 0.5) is 0 Å². The van der Waals surface area contributed by atoms with Crippen LogP contribution >= 0.6 is 0 Å². The molecule has 1 saturated carbocycles. The second-order valence-electron chi connectivity index (χ2n) is 5.21. The van der Waals surface area contributed by atoms with Crippen molar-refractivity contribution in [2.75, 3.05) is 32.7 Å². The van der Waals surface area contributed by atoms with Gasteiger partial charge in [0.25, 0.3) is 0 Å². The molecule has 0 aromatic rings. The first kappa shape index (κ1) is 11.4. The first-order valence-corrected chi connectivity index (χ1v) is 6.41. The van der Waals surface area contributed by atoms with Crippen molar-refractivity contribution < 1.29 is 0 Å². The van der Waals surface area contributed by atoms with Crippen molar-refractivity contribution in [3.8, 4) is 0 Å². The summed E-state index contributed by atoms with van der Waals surface area (Å²) in [7, 11) is 0. The molecule has 0 aromatic carbocycles. The summed E-state index contributed by atoms with van der Waals surface area (Å²) >= 11 is 0. The Morgan fingerprint density at radius 3 is 2.47 bits per heavy atom. The second kappa shape index (κ2) is 4.40. The van der Waals surface area contributed by atoms with Gasteiger partial charge in [0.15, 0.2) is 0 Å². The van der Waals surface area contributed by atoms with Crippen LogP contribution in [0.1, 0.15) is 33.1 Å². The molecule has 15 heavy (non-hydrogen) atoms. The lowest BCUT2D eigenvalue weighted by molar-refractivity contribution is -0.0306. The van der Waals surface area contributed by atoms with Crippen LogP contribution in [0.2, 0.25) is 0 Å². The van der Waals surface area contributed by atoms with Gasteiger partial charge in [0, 0.05) is 37.8 Å². The molecule has 2 N–H and O–H groups in total. The minimum Gasteiger partial charge on any atom is -0.329 e. The summed E-state index contributed by atoms with van der Waals surface area (Å²) in [6.07, 6.45) is 4.02.